The Morgan fingerprint density at radius 3 is 2.59 bits per heavy atom. The fraction of sp³-hybridized carbons (Fsp3) is 0.500. The molecule has 3 heteroatoms. The van der Waals surface area contributed by atoms with Crippen molar-refractivity contribution in [2.45, 2.75) is 39.7 Å². The first-order valence-electron chi connectivity index (χ1n) is 5.81. The highest BCUT2D eigenvalue weighted by Gasteiger charge is 2.08. The van der Waals surface area contributed by atoms with Gasteiger partial charge in [-0.1, -0.05) is 12.1 Å². The lowest BCUT2D eigenvalue weighted by Gasteiger charge is -2.14. The number of nitriles is 1. The van der Waals surface area contributed by atoms with Crippen molar-refractivity contribution in [3.8, 4) is 11.8 Å². The summed E-state index contributed by atoms with van der Waals surface area (Å²) in [7, 11) is 0. The maximum absolute atomic E-state index is 9.42. The molecule has 1 aromatic carbocycles. The van der Waals surface area contributed by atoms with E-state index in [1.54, 1.807) is 0 Å². The molecule has 3 nitrogen and oxygen atoms in total. The lowest BCUT2D eigenvalue weighted by Crippen LogP contribution is -2.12. The number of rotatable bonds is 5. The van der Waals surface area contributed by atoms with Crippen molar-refractivity contribution in [1.29, 1.82) is 5.26 Å². The fourth-order valence-electron chi connectivity index (χ4n) is 1.65. The van der Waals surface area contributed by atoms with Crippen molar-refractivity contribution in [3.05, 3.63) is 28.8 Å². The van der Waals surface area contributed by atoms with Gasteiger partial charge in [-0.25, -0.2) is 0 Å². The summed E-state index contributed by atoms with van der Waals surface area (Å²) in [5.41, 5.74) is 3.44. The van der Waals surface area contributed by atoms with Crippen LogP contribution >= 0.6 is 0 Å². The van der Waals surface area contributed by atoms with Gasteiger partial charge in [0.2, 0.25) is 0 Å². The summed E-state index contributed by atoms with van der Waals surface area (Å²) < 4.78 is 5.70. The summed E-state index contributed by atoms with van der Waals surface area (Å²) in [6.45, 7) is 6.52. The van der Waals surface area contributed by atoms with E-state index in [1.807, 2.05) is 32.9 Å². The molecule has 0 bridgehead atoms. The van der Waals surface area contributed by atoms with Gasteiger partial charge in [-0.15, -0.1) is 0 Å². The lowest BCUT2D eigenvalue weighted by atomic mass is 10.1. The van der Waals surface area contributed by atoms with Crippen LogP contribution in [0.15, 0.2) is 12.1 Å². The molecule has 1 atom stereocenters. The third kappa shape index (κ3) is 3.76. The Balaban J connectivity index is 2.58. The minimum atomic E-state index is -0.592. The van der Waals surface area contributed by atoms with Gasteiger partial charge in [-0.2, -0.15) is 5.26 Å². The standard InChI is InChI=1S/C14H19NO2/c1-10-4-5-11(2)14(12(10)3)17-9-7-13(16)6-8-15/h4-5,13,16H,6-7,9H2,1-3H3. The summed E-state index contributed by atoms with van der Waals surface area (Å²) >= 11 is 0. The topological polar surface area (TPSA) is 53.2 Å². The molecule has 1 unspecified atom stereocenters. The first kappa shape index (κ1) is 13.5. The molecule has 0 aromatic heterocycles. The first-order chi connectivity index (χ1) is 8.06. The third-order valence-corrected chi connectivity index (χ3v) is 2.90. The normalized spacial score (nSPS) is 11.9. The highest BCUT2D eigenvalue weighted by Crippen LogP contribution is 2.25. The van der Waals surface area contributed by atoms with Gasteiger partial charge < -0.3 is 9.84 Å². The Morgan fingerprint density at radius 2 is 1.94 bits per heavy atom. The van der Waals surface area contributed by atoms with Crippen molar-refractivity contribution in [1.82, 2.24) is 0 Å². The minimum absolute atomic E-state index is 0.162. The van der Waals surface area contributed by atoms with E-state index in [-0.39, 0.29) is 6.42 Å². The highest BCUT2D eigenvalue weighted by molar-refractivity contribution is 5.44. The second-order valence-corrected chi connectivity index (χ2v) is 4.31. The zero-order valence-electron chi connectivity index (χ0n) is 10.7. The van der Waals surface area contributed by atoms with E-state index in [4.69, 9.17) is 10.00 Å². The molecular weight excluding hydrogens is 214 g/mol. The molecule has 0 saturated heterocycles. The summed E-state index contributed by atoms with van der Waals surface area (Å²) in [6.07, 6.45) is 0.0561. The van der Waals surface area contributed by atoms with Gasteiger partial charge in [-0.05, 0) is 37.5 Å². The van der Waals surface area contributed by atoms with Crippen LogP contribution in [0.3, 0.4) is 0 Å². The average Bonchev–Trinajstić information content (AvgIpc) is 2.29. The predicted molar refractivity (Wildman–Crippen MR) is 67.0 cm³/mol. The average molecular weight is 233 g/mol. The number of nitrogens with zero attached hydrogens (tertiary/aromatic N) is 1. The van der Waals surface area contributed by atoms with Gasteiger partial charge in [0.15, 0.2) is 0 Å². The van der Waals surface area contributed by atoms with Gasteiger partial charge in [0.1, 0.15) is 5.75 Å². The zero-order valence-corrected chi connectivity index (χ0v) is 10.7. The Morgan fingerprint density at radius 1 is 1.29 bits per heavy atom. The Labute approximate surface area is 103 Å². The zero-order chi connectivity index (χ0) is 12.8. The minimum Gasteiger partial charge on any atom is -0.493 e. The molecule has 92 valence electrons. The van der Waals surface area contributed by atoms with E-state index in [1.165, 1.54) is 5.56 Å². The maximum Gasteiger partial charge on any atom is 0.125 e. The molecule has 1 aromatic rings. The van der Waals surface area contributed by atoms with Gasteiger partial charge in [0.25, 0.3) is 0 Å². The first-order valence-corrected chi connectivity index (χ1v) is 5.81. The van der Waals surface area contributed by atoms with Crippen LogP contribution in [0.5, 0.6) is 5.75 Å². The molecular formula is C14H19NO2. The Hall–Kier alpha value is -1.53. The number of benzene rings is 1. The molecule has 0 amide bonds. The summed E-state index contributed by atoms with van der Waals surface area (Å²) in [6, 6.07) is 6.05. The SMILES string of the molecule is Cc1ccc(C)c(OCCC(O)CC#N)c1C. The van der Waals surface area contributed by atoms with Crippen molar-refractivity contribution in [2.24, 2.45) is 0 Å². The molecule has 0 aliphatic rings. The highest BCUT2D eigenvalue weighted by atomic mass is 16.5. The van der Waals surface area contributed by atoms with Gasteiger partial charge in [0, 0.05) is 6.42 Å². The van der Waals surface area contributed by atoms with Crippen LogP contribution < -0.4 is 4.74 Å². The predicted octanol–water partition coefficient (Wildman–Crippen LogP) is 2.66. The smallest absolute Gasteiger partial charge is 0.125 e. The number of aliphatic hydroxyl groups excluding tert-OH is 1. The third-order valence-electron chi connectivity index (χ3n) is 2.90. The molecule has 17 heavy (non-hydrogen) atoms. The van der Waals surface area contributed by atoms with E-state index in [9.17, 15) is 5.11 Å². The Bertz CT molecular complexity index is 421. The van der Waals surface area contributed by atoms with Gasteiger partial charge >= 0.3 is 0 Å². The van der Waals surface area contributed by atoms with Gasteiger partial charge in [0.05, 0.1) is 25.2 Å². The van der Waals surface area contributed by atoms with Crippen LogP contribution in [0, 0.1) is 32.1 Å². The van der Waals surface area contributed by atoms with E-state index in [0.29, 0.717) is 13.0 Å². The number of hydrogen-bond acceptors (Lipinski definition) is 3. The van der Waals surface area contributed by atoms with Crippen LogP contribution in [-0.4, -0.2) is 17.8 Å². The molecule has 0 radical (unpaired) electrons. The largest absolute Gasteiger partial charge is 0.493 e. The summed E-state index contributed by atoms with van der Waals surface area (Å²) in [5.74, 6) is 0.897. The van der Waals surface area contributed by atoms with Crippen LogP contribution in [0.25, 0.3) is 0 Å². The van der Waals surface area contributed by atoms with Crippen molar-refractivity contribution < 1.29 is 9.84 Å². The second-order valence-electron chi connectivity index (χ2n) is 4.31. The van der Waals surface area contributed by atoms with Crippen LogP contribution in [-0.2, 0) is 0 Å². The number of aliphatic hydroxyl groups is 1. The molecule has 0 spiro atoms. The molecule has 0 saturated carbocycles. The van der Waals surface area contributed by atoms with Crippen molar-refractivity contribution in [2.75, 3.05) is 6.61 Å². The van der Waals surface area contributed by atoms with Crippen LogP contribution in [0.4, 0.5) is 0 Å². The van der Waals surface area contributed by atoms with E-state index < -0.39 is 6.10 Å². The maximum atomic E-state index is 9.42. The second kappa shape index (κ2) is 6.27. The van der Waals surface area contributed by atoms with Crippen LogP contribution in [0.2, 0.25) is 0 Å². The monoisotopic (exact) mass is 233 g/mol. The summed E-state index contributed by atoms with van der Waals surface area (Å²) in [4.78, 5) is 0. The molecule has 0 aliphatic carbocycles. The summed E-state index contributed by atoms with van der Waals surface area (Å²) in [5, 5.41) is 17.8. The quantitative estimate of drug-likeness (QED) is 0.850. The van der Waals surface area contributed by atoms with Crippen molar-refractivity contribution >= 4 is 0 Å². The number of aryl methyl sites for hydroxylation is 2. The number of hydrogen-bond donors (Lipinski definition) is 1. The fourth-order valence-corrected chi connectivity index (χ4v) is 1.65. The number of ether oxygens (including phenoxy) is 1. The molecule has 0 fully saturated rings. The van der Waals surface area contributed by atoms with Crippen molar-refractivity contribution in [3.63, 3.8) is 0 Å². The van der Waals surface area contributed by atoms with E-state index in [0.717, 1.165) is 16.9 Å². The molecule has 1 N–H and O–H groups in total. The Kier molecular flexibility index (Phi) is 4.99. The molecule has 1 rings (SSSR count). The molecule has 0 heterocycles. The lowest BCUT2D eigenvalue weighted by molar-refractivity contribution is 0.143. The van der Waals surface area contributed by atoms with E-state index in [2.05, 4.69) is 6.07 Å². The van der Waals surface area contributed by atoms with Gasteiger partial charge in [-0.3, -0.25) is 0 Å². The van der Waals surface area contributed by atoms with Crippen LogP contribution in [0.1, 0.15) is 29.5 Å². The van der Waals surface area contributed by atoms with E-state index >= 15 is 0 Å². The molecule has 0 aliphatic heterocycles.